The van der Waals surface area contributed by atoms with Crippen molar-refractivity contribution in [1.29, 1.82) is 0 Å². The third kappa shape index (κ3) is 7.82. The van der Waals surface area contributed by atoms with E-state index >= 15 is 0 Å². The Hall–Kier alpha value is -3.85. The third-order valence-corrected chi connectivity index (χ3v) is 7.02. The molecule has 0 heterocycles. The summed E-state index contributed by atoms with van der Waals surface area (Å²) in [7, 11) is -2.29. The van der Waals surface area contributed by atoms with E-state index in [0.29, 0.717) is 24.5 Å². The minimum atomic E-state index is -3.80. The number of hydrogen-bond donors (Lipinski definition) is 1. The SMILES string of the molecule is CCC(C(=O)NC)N(Cc1ccccc1)C(=O)CN(c1ccc(OCc2ccccc2)cc1)S(C)(=O)=O. The number of benzene rings is 3. The average molecular weight is 524 g/mol. The highest BCUT2D eigenvalue weighted by atomic mass is 32.2. The molecule has 1 unspecified atom stereocenters. The van der Waals surface area contributed by atoms with Gasteiger partial charge in [-0.3, -0.25) is 13.9 Å². The number of amides is 2. The minimum Gasteiger partial charge on any atom is -0.489 e. The molecule has 2 amide bonds. The van der Waals surface area contributed by atoms with Gasteiger partial charge in [0.2, 0.25) is 21.8 Å². The molecule has 1 N–H and O–H groups in total. The lowest BCUT2D eigenvalue weighted by molar-refractivity contribution is -0.140. The van der Waals surface area contributed by atoms with Gasteiger partial charge in [0, 0.05) is 13.6 Å². The summed E-state index contributed by atoms with van der Waals surface area (Å²) in [6.45, 7) is 1.92. The number of carbonyl (C=O) groups is 2. The monoisotopic (exact) mass is 523 g/mol. The summed E-state index contributed by atoms with van der Waals surface area (Å²) in [6, 6.07) is 24.8. The molecule has 1 atom stereocenters. The van der Waals surface area contributed by atoms with E-state index in [1.807, 2.05) is 67.6 Å². The molecule has 0 saturated heterocycles. The van der Waals surface area contributed by atoms with Gasteiger partial charge in [-0.05, 0) is 41.8 Å². The van der Waals surface area contributed by atoms with Crippen molar-refractivity contribution in [1.82, 2.24) is 10.2 Å². The van der Waals surface area contributed by atoms with Crippen molar-refractivity contribution in [3.63, 3.8) is 0 Å². The van der Waals surface area contributed by atoms with Crippen molar-refractivity contribution in [2.75, 3.05) is 24.2 Å². The van der Waals surface area contributed by atoms with Crippen LogP contribution in [0.4, 0.5) is 5.69 Å². The van der Waals surface area contributed by atoms with E-state index in [9.17, 15) is 18.0 Å². The zero-order valence-electron chi connectivity index (χ0n) is 21.3. The summed E-state index contributed by atoms with van der Waals surface area (Å²) < 4.78 is 32.3. The molecule has 3 aromatic carbocycles. The van der Waals surface area contributed by atoms with Crippen LogP contribution in [0.1, 0.15) is 24.5 Å². The van der Waals surface area contributed by atoms with Crippen LogP contribution in [0.25, 0.3) is 0 Å². The first-order chi connectivity index (χ1) is 17.7. The summed E-state index contributed by atoms with van der Waals surface area (Å²) in [5.41, 5.74) is 2.18. The van der Waals surface area contributed by atoms with Crippen molar-refractivity contribution in [3.05, 3.63) is 96.1 Å². The maximum absolute atomic E-state index is 13.5. The van der Waals surface area contributed by atoms with Gasteiger partial charge in [-0.1, -0.05) is 67.6 Å². The Labute approximate surface area is 218 Å². The number of rotatable bonds is 12. The van der Waals surface area contributed by atoms with Crippen molar-refractivity contribution in [3.8, 4) is 5.75 Å². The molecule has 0 aromatic heterocycles. The number of hydrogen-bond acceptors (Lipinski definition) is 5. The first kappa shape index (κ1) is 27.7. The van der Waals surface area contributed by atoms with Crippen LogP contribution in [0.5, 0.6) is 5.75 Å². The highest BCUT2D eigenvalue weighted by molar-refractivity contribution is 7.92. The van der Waals surface area contributed by atoms with Crippen LogP contribution < -0.4 is 14.4 Å². The standard InChI is InChI=1S/C28H33N3O5S/c1-4-26(28(33)29-2)30(19-22-11-7-5-8-12-22)27(32)20-31(37(3,34)35)24-15-17-25(18-16-24)36-21-23-13-9-6-10-14-23/h5-18,26H,4,19-21H2,1-3H3,(H,29,33). The fourth-order valence-corrected chi connectivity index (χ4v) is 4.78. The Bertz CT molecular complexity index is 1270. The quantitative estimate of drug-likeness (QED) is 0.392. The summed E-state index contributed by atoms with van der Waals surface area (Å²) in [5, 5.41) is 2.60. The Morgan fingerprint density at radius 1 is 0.892 bits per heavy atom. The third-order valence-electron chi connectivity index (χ3n) is 5.88. The minimum absolute atomic E-state index is 0.176. The molecule has 0 spiro atoms. The Balaban J connectivity index is 1.82. The highest BCUT2D eigenvalue weighted by Crippen LogP contribution is 2.23. The topological polar surface area (TPSA) is 96.0 Å². The second kappa shape index (κ2) is 12.9. The normalized spacial score (nSPS) is 11.9. The molecule has 0 fully saturated rings. The van der Waals surface area contributed by atoms with Crippen molar-refractivity contribution >= 4 is 27.5 Å². The van der Waals surface area contributed by atoms with Crippen LogP contribution in [-0.2, 0) is 32.8 Å². The summed E-state index contributed by atoms with van der Waals surface area (Å²) in [6.07, 6.45) is 1.43. The molecule has 3 rings (SSSR count). The molecule has 0 aliphatic rings. The second-order valence-corrected chi connectivity index (χ2v) is 10.5. The van der Waals surface area contributed by atoms with Gasteiger partial charge in [-0.15, -0.1) is 0 Å². The van der Waals surface area contributed by atoms with Gasteiger partial charge in [0.25, 0.3) is 0 Å². The van der Waals surface area contributed by atoms with E-state index in [1.165, 1.54) is 11.9 Å². The zero-order valence-corrected chi connectivity index (χ0v) is 22.1. The van der Waals surface area contributed by atoms with Gasteiger partial charge in [-0.2, -0.15) is 0 Å². The predicted octanol–water partition coefficient (Wildman–Crippen LogP) is 3.59. The number of nitrogens with zero attached hydrogens (tertiary/aromatic N) is 2. The van der Waals surface area contributed by atoms with E-state index in [4.69, 9.17) is 4.74 Å². The Morgan fingerprint density at radius 2 is 1.46 bits per heavy atom. The number of sulfonamides is 1. The number of ether oxygens (including phenoxy) is 1. The fraction of sp³-hybridized carbons (Fsp3) is 0.286. The number of nitrogens with one attached hydrogen (secondary N) is 1. The molecule has 0 bridgehead atoms. The van der Waals surface area contributed by atoms with E-state index < -0.39 is 28.5 Å². The van der Waals surface area contributed by atoms with Crippen molar-refractivity contribution in [2.24, 2.45) is 0 Å². The number of carbonyl (C=O) groups excluding carboxylic acids is 2. The molecule has 8 nitrogen and oxygen atoms in total. The van der Waals surface area contributed by atoms with Crippen LogP contribution in [0.3, 0.4) is 0 Å². The highest BCUT2D eigenvalue weighted by Gasteiger charge is 2.31. The van der Waals surface area contributed by atoms with Crippen LogP contribution in [0.15, 0.2) is 84.9 Å². The van der Waals surface area contributed by atoms with E-state index in [1.54, 1.807) is 24.3 Å². The predicted molar refractivity (Wildman–Crippen MR) is 145 cm³/mol. The Morgan fingerprint density at radius 3 is 1.97 bits per heavy atom. The van der Waals surface area contributed by atoms with Crippen LogP contribution in [-0.4, -0.2) is 51.0 Å². The van der Waals surface area contributed by atoms with Crippen molar-refractivity contribution in [2.45, 2.75) is 32.5 Å². The zero-order chi connectivity index (χ0) is 26.8. The molecule has 196 valence electrons. The van der Waals surface area contributed by atoms with Gasteiger partial charge < -0.3 is 15.0 Å². The smallest absolute Gasteiger partial charge is 0.244 e. The number of likely N-dealkylation sites (N-methyl/N-ethyl adjacent to an activating group) is 1. The lowest BCUT2D eigenvalue weighted by Crippen LogP contribution is -2.51. The summed E-state index contributed by atoms with van der Waals surface area (Å²) >= 11 is 0. The van der Waals surface area contributed by atoms with E-state index in [-0.39, 0.29) is 12.5 Å². The summed E-state index contributed by atoms with van der Waals surface area (Å²) in [4.78, 5) is 27.6. The first-order valence-corrected chi connectivity index (χ1v) is 13.9. The maximum Gasteiger partial charge on any atom is 0.244 e. The molecule has 37 heavy (non-hydrogen) atoms. The van der Waals surface area contributed by atoms with Gasteiger partial charge in [0.15, 0.2) is 0 Å². The molecule has 9 heteroatoms. The van der Waals surface area contributed by atoms with Crippen LogP contribution >= 0.6 is 0 Å². The molecule has 0 aliphatic carbocycles. The molecule has 0 saturated carbocycles. The molecular weight excluding hydrogens is 490 g/mol. The average Bonchev–Trinajstić information content (AvgIpc) is 2.91. The summed E-state index contributed by atoms with van der Waals surface area (Å²) in [5.74, 6) is -0.213. The molecular formula is C28H33N3O5S. The van der Waals surface area contributed by atoms with Crippen LogP contribution in [0.2, 0.25) is 0 Å². The van der Waals surface area contributed by atoms with Gasteiger partial charge in [0.05, 0.1) is 11.9 Å². The fourth-order valence-electron chi connectivity index (χ4n) is 3.93. The first-order valence-electron chi connectivity index (χ1n) is 12.0. The van der Waals surface area contributed by atoms with Crippen molar-refractivity contribution < 1.29 is 22.7 Å². The van der Waals surface area contributed by atoms with Crippen LogP contribution in [0, 0.1) is 0 Å². The van der Waals surface area contributed by atoms with E-state index in [2.05, 4.69) is 5.32 Å². The number of anilines is 1. The molecule has 0 radical (unpaired) electrons. The molecule has 0 aliphatic heterocycles. The largest absolute Gasteiger partial charge is 0.489 e. The van der Waals surface area contributed by atoms with Gasteiger partial charge in [0.1, 0.15) is 24.9 Å². The Kier molecular flexibility index (Phi) is 9.68. The lowest BCUT2D eigenvalue weighted by atomic mass is 10.1. The van der Waals surface area contributed by atoms with Gasteiger partial charge in [-0.25, -0.2) is 8.42 Å². The lowest BCUT2D eigenvalue weighted by Gasteiger charge is -2.32. The van der Waals surface area contributed by atoms with E-state index in [0.717, 1.165) is 21.7 Å². The molecule has 3 aromatic rings. The van der Waals surface area contributed by atoms with Gasteiger partial charge >= 0.3 is 0 Å². The second-order valence-electron chi connectivity index (χ2n) is 8.58. The maximum atomic E-state index is 13.5.